The number of carbonyl (C=O) groups is 1. The third-order valence-corrected chi connectivity index (χ3v) is 3.88. The molecule has 1 amide bonds. The van der Waals surface area contributed by atoms with Crippen LogP contribution in [0, 0.1) is 5.92 Å². The van der Waals surface area contributed by atoms with Crippen molar-refractivity contribution in [2.24, 2.45) is 11.7 Å². The lowest BCUT2D eigenvalue weighted by molar-refractivity contribution is -0.123. The topological polar surface area (TPSA) is 84.6 Å². The van der Waals surface area contributed by atoms with Crippen molar-refractivity contribution in [2.75, 3.05) is 13.2 Å². The molecule has 112 valence electrons. The summed E-state index contributed by atoms with van der Waals surface area (Å²) in [6, 6.07) is 0. The average Bonchev–Trinajstić information content (AvgIpc) is 2.35. The van der Waals surface area contributed by atoms with Crippen LogP contribution in [0.5, 0.6) is 0 Å². The molecule has 0 saturated heterocycles. The van der Waals surface area contributed by atoms with Gasteiger partial charge in [-0.3, -0.25) is 4.79 Å². The normalized spacial score (nSPS) is 26.1. The minimum Gasteiger partial charge on any atom is -0.389 e. The fourth-order valence-electron chi connectivity index (χ4n) is 2.16. The van der Waals surface area contributed by atoms with E-state index in [4.69, 9.17) is 10.5 Å². The Morgan fingerprint density at radius 3 is 2.53 bits per heavy atom. The second-order valence-electron chi connectivity index (χ2n) is 6.24. The van der Waals surface area contributed by atoms with Gasteiger partial charge in [-0.15, -0.1) is 0 Å². The van der Waals surface area contributed by atoms with Crippen molar-refractivity contribution in [3.8, 4) is 0 Å². The molecule has 1 fully saturated rings. The Morgan fingerprint density at radius 1 is 1.42 bits per heavy atom. The Bertz CT molecular complexity index is 286. The van der Waals surface area contributed by atoms with Crippen molar-refractivity contribution in [3.63, 3.8) is 0 Å². The number of aliphatic hydroxyl groups is 1. The molecule has 0 spiro atoms. The van der Waals surface area contributed by atoms with Crippen LogP contribution in [0.25, 0.3) is 0 Å². The first-order valence-electron chi connectivity index (χ1n) is 7.16. The maximum atomic E-state index is 11.1. The molecule has 0 radical (unpaired) electrons. The van der Waals surface area contributed by atoms with Gasteiger partial charge in [-0.2, -0.15) is 0 Å². The molecule has 1 rings (SSSR count). The van der Waals surface area contributed by atoms with Gasteiger partial charge >= 0.3 is 0 Å². The van der Waals surface area contributed by atoms with Crippen LogP contribution >= 0.6 is 0 Å². The van der Waals surface area contributed by atoms with Gasteiger partial charge in [-0.1, -0.05) is 6.92 Å². The zero-order valence-corrected chi connectivity index (χ0v) is 12.3. The number of primary amides is 1. The van der Waals surface area contributed by atoms with Crippen molar-refractivity contribution >= 4 is 5.91 Å². The first-order chi connectivity index (χ1) is 8.81. The van der Waals surface area contributed by atoms with Gasteiger partial charge in [-0.05, 0) is 45.4 Å². The van der Waals surface area contributed by atoms with Gasteiger partial charge < -0.3 is 20.9 Å². The summed E-state index contributed by atoms with van der Waals surface area (Å²) in [6.45, 7) is 6.28. The molecule has 1 atom stereocenters. The molecule has 1 saturated carbocycles. The third-order valence-electron chi connectivity index (χ3n) is 3.88. The molecule has 19 heavy (non-hydrogen) atoms. The smallest absolute Gasteiger partial charge is 0.237 e. The van der Waals surface area contributed by atoms with E-state index in [2.05, 4.69) is 12.2 Å². The van der Waals surface area contributed by atoms with E-state index in [1.54, 1.807) is 13.8 Å². The second-order valence-corrected chi connectivity index (χ2v) is 6.24. The monoisotopic (exact) mass is 272 g/mol. The van der Waals surface area contributed by atoms with Gasteiger partial charge in [0.2, 0.25) is 5.91 Å². The van der Waals surface area contributed by atoms with E-state index in [-0.39, 0.29) is 6.10 Å². The molecule has 5 nitrogen and oxygen atoms in total. The van der Waals surface area contributed by atoms with Gasteiger partial charge in [-0.25, -0.2) is 0 Å². The summed E-state index contributed by atoms with van der Waals surface area (Å²) in [7, 11) is 0. The first kappa shape index (κ1) is 16.4. The molecule has 1 aliphatic carbocycles. The standard InChI is InChI=1S/C14H28N2O3/c1-10-4-6-12(7-5-10)19-9-11(17)8-16-14(2,3)13(15)18/h10-12,16-17H,4-9H2,1-3H3,(H2,15,18). The predicted molar refractivity (Wildman–Crippen MR) is 74.7 cm³/mol. The number of hydrogen-bond donors (Lipinski definition) is 3. The minimum absolute atomic E-state index is 0.273. The van der Waals surface area contributed by atoms with Crippen molar-refractivity contribution in [3.05, 3.63) is 0 Å². The Hall–Kier alpha value is -0.650. The van der Waals surface area contributed by atoms with E-state index >= 15 is 0 Å². The maximum absolute atomic E-state index is 11.1. The van der Waals surface area contributed by atoms with E-state index in [1.165, 1.54) is 12.8 Å². The number of amides is 1. The maximum Gasteiger partial charge on any atom is 0.237 e. The van der Waals surface area contributed by atoms with E-state index < -0.39 is 17.6 Å². The van der Waals surface area contributed by atoms with Crippen LogP contribution in [0.1, 0.15) is 46.5 Å². The highest BCUT2D eigenvalue weighted by atomic mass is 16.5. The Kier molecular flexibility index (Phi) is 6.23. The second kappa shape index (κ2) is 7.22. The average molecular weight is 272 g/mol. The molecule has 0 heterocycles. The van der Waals surface area contributed by atoms with Gasteiger partial charge in [0.15, 0.2) is 0 Å². The summed E-state index contributed by atoms with van der Waals surface area (Å²) in [4.78, 5) is 11.1. The van der Waals surface area contributed by atoms with Crippen molar-refractivity contribution in [1.82, 2.24) is 5.32 Å². The number of hydrogen-bond acceptors (Lipinski definition) is 4. The van der Waals surface area contributed by atoms with Crippen molar-refractivity contribution in [1.29, 1.82) is 0 Å². The molecule has 1 unspecified atom stereocenters. The fourth-order valence-corrected chi connectivity index (χ4v) is 2.16. The lowest BCUT2D eigenvalue weighted by Crippen LogP contribution is -2.53. The molecule has 0 aromatic rings. The molecule has 1 aliphatic rings. The fraction of sp³-hybridized carbons (Fsp3) is 0.929. The number of aliphatic hydroxyl groups excluding tert-OH is 1. The summed E-state index contributed by atoms with van der Waals surface area (Å²) in [5, 5.41) is 12.8. The number of β-amino-alcohol motifs (C(OH)–C–C–N with tert-alkyl or cyclic N) is 1. The molecule has 0 aliphatic heterocycles. The van der Waals surface area contributed by atoms with E-state index in [0.29, 0.717) is 13.2 Å². The summed E-state index contributed by atoms with van der Waals surface area (Å²) in [5.41, 5.74) is 4.44. The number of rotatable bonds is 7. The number of ether oxygens (including phenoxy) is 1. The van der Waals surface area contributed by atoms with Crippen molar-refractivity contribution in [2.45, 2.75) is 64.2 Å². The predicted octanol–water partition coefficient (Wildman–Crippen LogP) is 0.796. The number of nitrogens with one attached hydrogen (secondary N) is 1. The Labute approximate surface area is 115 Å². The van der Waals surface area contributed by atoms with Crippen LogP contribution in [0.15, 0.2) is 0 Å². The van der Waals surface area contributed by atoms with E-state index in [9.17, 15) is 9.90 Å². The van der Waals surface area contributed by atoms with Gasteiger partial charge in [0.1, 0.15) is 0 Å². The van der Waals surface area contributed by atoms with E-state index in [1.807, 2.05) is 0 Å². The molecular formula is C14H28N2O3. The number of carbonyl (C=O) groups excluding carboxylic acids is 1. The lowest BCUT2D eigenvalue weighted by Gasteiger charge is -2.28. The summed E-state index contributed by atoms with van der Waals surface area (Å²) in [5.74, 6) is 0.365. The quantitative estimate of drug-likeness (QED) is 0.640. The molecular weight excluding hydrogens is 244 g/mol. The molecule has 5 heteroatoms. The Morgan fingerprint density at radius 2 is 2.00 bits per heavy atom. The van der Waals surface area contributed by atoms with E-state index in [0.717, 1.165) is 18.8 Å². The van der Waals surface area contributed by atoms with Crippen LogP contribution in [-0.4, -0.2) is 41.9 Å². The zero-order valence-electron chi connectivity index (χ0n) is 12.3. The van der Waals surface area contributed by atoms with Crippen LogP contribution in [0.2, 0.25) is 0 Å². The summed E-state index contributed by atoms with van der Waals surface area (Å²) in [6.07, 6.45) is 4.22. The SMILES string of the molecule is CC1CCC(OCC(O)CNC(C)(C)C(N)=O)CC1. The van der Waals surface area contributed by atoms with Crippen LogP contribution in [-0.2, 0) is 9.53 Å². The molecule has 4 N–H and O–H groups in total. The molecule has 0 aromatic carbocycles. The number of nitrogens with two attached hydrogens (primary N) is 1. The zero-order chi connectivity index (χ0) is 14.5. The van der Waals surface area contributed by atoms with Crippen molar-refractivity contribution < 1.29 is 14.6 Å². The van der Waals surface area contributed by atoms with Gasteiger partial charge in [0, 0.05) is 6.54 Å². The molecule has 0 aromatic heterocycles. The van der Waals surface area contributed by atoms with Gasteiger partial charge in [0.25, 0.3) is 0 Å². The van der Waals surface area contributed by atoms with Gasteiger partial charge in [0.05, 0.1) is 24.4 Å². The largest absolute Gasteiger partial charge is 0.389 e. The Balaban J connectivity index is 2.17. The van der Waals surface area contributed by atoms with Crippen LogP contribution < -0.4 is 11.1 Å². The summed E-state index contributed by atoms with van der Waals surface area (Å²) >= 11 is 0. The highest BCUT2D eigenvalue weighted by Crippen LogP contribution is 2.25. The summed E-state index contributed by atoms with van der Waals surface area (Å²) < 4.78 is 5.71. The highest BCUT2D eigenvalue weighted by Gasteiger charge is 2.25. The molecule has 0 bridgehead atoms. The lowest BCUT2D eigenvalue weighted by atomic mass is 9.89. The minimum atomic E-state index is -0.804. The first-order valence-corrected chi connectivity index (χ1v) is 7.16. The van der Waals surface area contributed by atoms with Crippen LogP contribution in [0.4, 0.5) is 0 Å². The van der Waals surface area contributed by atoms with Crippen LogP contribution in [0.3, 0.4) is 0 Å². The third kappa shape index (κ3) is 5.89. The highest BCUT2D eigenvalue weighted by molar-refractivity contribution is 5.83.